The Bertz CT molecular complexity index is 790. The number of benzene rings is 1. The van der Waals surface area contributed by atoms with Crippen LogP contribution in [0.4, 0.5) is 0 Å². The Hall–Kier alpha value is -3.14. The van der Waals surface area contributed by atoms with Crippen LogP contribution >= 0.6 is 0 Å². The van der Waals surface area contributed by atoms with Crippen LogP contribution in [0.25, 0.3) is 5.53 Å². The SMILES string of the molecule is C#CCO[C@H](C)c1cc(OC)c(OC)c(OC)c1C(=O)CCC(=O)C=[N+]=[N-]. The van der Waals surface area contributed by atoms with E-state index in [-0.39, 0.29) is 42.3 Å². The third-order valence-electron chi connectivity index (χ3n) is 3.79. The van der Waals surface area contributed by atoms with E-state index in [9.17, 15) is 9.59 Å². The van der Waals surface area contributed by atoms with Gasteiger partial charge in [-0.1, -0.05) is 5.92 Å². The molecule has 0 bridgehead atoms. The van der Waals surface area contributed by atoms with E-state index in [1.165, 1.54) is 21.3 Å². The van der Waals surface area contributed by atoms with Crippen LogP contribution in [0, 0.1) is 12.3 Å². The molecule has 0 spiro atoms. The van der Waals surface area contributed by atoms with E-state index < -0.39 is 11.9 Å². The molecule has 0 saturated carbocycles. The number of terminal acetylenes is 1. The second-order valence-corrected chi connectivity index (χ2v) is 5.40. The first-order valence-corrected chi connectivity index (χ1v) is 8.06. The average Bonchev–Trinajstić information content (AvgIpc) is 2.68. The summed E-state index contributed by atoms with van der Waals surface area (Å²) in [5.41, 5.74) is 9.12. The minimum absolute atomic E-state index is 0.0525. The van der Waals surface area contributed by atoms with Crippen molar-refractivity contribution in [1.29, 1.82) is 0 Å². The lowest BCUT2D eigenvalue weighted by Gasteiger charge is -2.22. The van der Waals surface area contributed by atoms with Gasteiger partial charge in [-0.15, -0.1) is 6.42 Å². The molecule has 0 aliphatic heterocycles. The van der Waals surface area contributed by atoms with Crippen LogP contribution in [0.1, 0.15) is 41.8 Å². The lowest BCUT2D eigenvalue weighted by Crippen LogP contribution is -2.14. The molecule has 0 radical (unpaired) electrons. The highest BCUT2D eigenvalue weighted by Gasteiger charge is 2.28. The maximum Gasteiger partial charge on any atom is 0.323 e. The molecule has 0 N–H and O–H groups in total. The second kappa shape index (κ2) is 10.8. The summed E-state index contributed by atoms with van der Waals surface area (Å²) in [5, 5.41) is 0. The summed E-state index contributed by atoms with van der Waals surface area (Å²) in [4.78, 5) is 27.1. The van der Waals surface area contributed by atoms with Crippen LogP contribution in [-0.2, 0) is 9.53 Å². The van der Waals surface area contributed by atoms with Gasteiger partial charge in [0.25, 0.3) is 0 Å². The molecule has 27 heavy (non-hydrogen) atoms. The summed E-state index contributed by atoms with van der Waals surface area (Å²) in [5.74, 6) is 2.32. The first-order chi connectivity index (χ1) is 12.9. The van der Waals surface area contributed by atoms with Crippen LogP contribution in [0.15, 0.2) is 6.07 Å². The van der Waals surface area contributed by atoms with E-state index in [4.69, 9.17) is 30.9 Å². The standard InChI is InChI=1S/C19H22N2O6/c1-6-9-27-12(2)14-10-16(24-3)18(25-4)19(26-5)17(14)15(23)8-7-13(22)11-21-20/h1,10-12H,7-9H2,2-5H3/t12-/m1/s1. The molecule has 0 aromatic heterocycles. The van der Waals surface area contributed by atoms with Crippen LogP contribution in [0.2, 0.25) is 0 Å². The Kier molecular flexibility index (Phi) is 8.73. The number of hydrogen-bond acceptors (Lipinski definition) is 6. The van der Waals surface area contributed by atoms with E-state index in [0.717, 1.165) is 6.21 Å². The molecule has 8 nitrogen and oxygen atoms in total. The minimum Gasteiger partial charge on any atom is -0.493 e. The van der Waals surface area contributed by atoms with Crippen molar-refractivity contribution in [3.63, 3.8) is 0 Å². The fourth-order valence-corrected chi connectivity index (χ4v) is 2.54. The minimum atomic E-state index is -0.539. The number of carbonyl (C=O) groups is 2. The van der Waals surface area contributed by atoms with Crippen LogP contribution in [0.3, 0.4) is 0 Å². The molecule has 0 amide bonds. The molecule has 0 saturated heterocycles. The van der Waals surface area contributed by atoms with Crippen LogP contribution < -0.4 is 14.2 Å². The van der Waals surface area contributed by atoms with Crippen LogP contribution in [0.5, 0.6) is 17.2 Å². The third kappa shape index (κ3) is 5.42. The smallest absolute Gasteiger partial charge is 0.323 e. The van der Waals surface area contributed by atoms with Crippen molar-refractivity contribution in [3.8, 4) is 29.6 Å². The predicted octanol–water partition coefficient (Wildman–Crippen LogP) is 2.26. The van der Waals surface area contributed by atoms with Gasteiger partial charge in [0.05, 0.1) is 33.0 Å². The van der Waals surface area contributed by atoms with E-state index in [1.54, 1.807) is 13.0 Å². The van der Waals surface area contributed by atoms with Crippen molar-refractivity contribution in [2.75, 3.05) is 27.9 Å². The first kappa shape index (κ1) is 21.9. The quantitative estimate of drug-likeness (QED) is 0.193. The van der Waals surface area contributed by atoms with Crippen molar-refractivity contribution < 1.29 is 33.3 Å². The van der Waals surface area contributed by atoms with Gasteiger partial charge in [0.1, 0.15) is 6.61 Å². The van der Waals surface area contributed by atoms with Gasteiger partial charge >= 0.3 is 6.21 Å². The summed E-state index contributed by atoms with van der Waals surface area (Å²) >= 11 is 0. The number of nitrogens with zero attached hydrogens (tertiary/aromatic N) is 2. The fourth-order valence-electron chi connectivity index (χ4n) is 2.54. The normalized spacial score (nSPS) is 10.9. The highest BCUT2D eigenvalue weighted by Crippen LogP contribution is 2.44. The molecule has 0 heterocycles. The monoisotopic (exact) mass is 374 g/mol. The zero-order chi connectivity index (χ0) is 20.4. The Morgan fingerprint density at radius 3 is 2.41 bits per heavy atom. The van der Waals surface area contributed by atoms with Gasteiger partial charge in [0.15, 0.2) is 17.3 Å². The molecule has 0 aliphatic rings. The van der Waals surface area contributed by atoms with Gasteiger partial charge in [-0.25, -0.2) is 0 Å². The largest absolute Gasteiger partial charge is 0.493 e. The molecular weight excluding hydrogens is 352 g/mol. The molecule has 0 unspecified atom stereocenters. The fraction of sp³-hybridized carbons (Fsp3) is 0.421. The number of Topliss-reactive ketones (excluding diaryl/α,β-unsaturated/α-hetero) is 2. The molecule has 0 fully saturated rings. The van der Waals surface area contributed by atoms with E-state index in [1.807, 2.05) is 0 Å². The zero-order valence-corrected chi connectivity index (χ0v) is 15.8. The third-order valence-corrected chi connectivity index (χ3v) is 3.79. The Morgan fingerprint density at radius 2 is 1.89 bits per heavy atom. The van der Waals surface area contributed by atoms with Crippen LogP contribution in [-0.4, -0.2) is 50.5 Å². The summed E-state index contributed by atoms with van der Waals surface area (Å²) in [6.45, 7) is 1.79. The second-order valence-electron chi connectivity index (χ2n) is 5.40. The van der Waals surface area contributed by atoms with Crippen molar-refractivity contribution >= 4 is 17.8 Å². The van der Waals surface area contributed by atoms with Gasteiger partial charge in [0, 0.05) is 12.8 Å². The maximum absolute atomic E-state index is 12.9. The van der Waals surface area contributed by atoms with Gasteiger partial charge in [-0.3, -0.25) is 9.59 Å². The molecule has 0 aliphatic carbocycles. The maximum atomic E-state index is 12.9. The van der Waals surface area contributed by atoms with Gasteiger partial charge in [-0.05, 0) is 18.6 Å². The summed E-state index contributed by atoms with van der Waals surface area (Å²) < 4.78 is 21.6. The molecule has 144 valence electrons. The highest BCUT2D eigenvalue weighted by molar-refractivity contribution is 6.25. The van der Waals surface area contributed by atoms with Crippen molar-refractivity contribution in [2.24, 2.45) is 0 Å². The Labute approximate surface area is 158 Å². The molecule has 1 atom stereocenters. The lowest BCUT2D eigenvalue weighted by atomic mass is 9.94. The van der Waals surface area contributed by atoms with Gasteiger partial charge in [-0.2, -0.15) is 4.79 Å². The van der Waals surface area contributed by atoms with E-state index in [2.05, 4.69) is 10.7 Å². The van der Waals surface area contributed by atoms with Gasteiger partial charge in [0.2, 0.25) is 11.5 Å². The molecule has 1 aromatic carbocycles. The Balaban J connectivity index is 3.46. The number of ketones is 2. The summed E-state index contributed by atoms with van der Waals surface area (Å²) in [7, 11) is 4.28. The van der Waals surface area contributed by atoms with Crippen molar-refractivity contribution in [2.45, 2.75) is 25.9 Å². The number of carbonyl (C=O) groups excluding carboxylic acids is 2. The predicted molar refractivity (Wildman–Crippen MR) is 97.6 cm³/mol. The first-order valence-electron chi connectivity index (χ1n) is 8.06. The zero-order valence-electron chi connectivity index (χ0n) is 15.8. The number of rotatable bonds is 11. The van der Waals surface area contributed by atoms with Crippen molar-refractivity contribution in [3.05, 3.63) is 22.7 Å². The van der Waals surface area contributed by atoms with Gasteiger partial charge < -0.3 is 24.5 Å². The van der Waals surface area contributed by atoms with Crippen molar-refractivity contribution in [1.82, 2.24) is 0 Å². The highest BCUT2D eigenvalue weighted by atomic mass is 16.5. The lowest BCUT2D eigenvalue weighted by molar-refractivity contribution is -0.116. The topological polar surface area (TPSA) is 107 Å². The average molecular weight is 374 g/mol. The molecule has 1 aromatic rings. The number of hydrogen-bond donors (Lipinski definition) is 0. The van der Waals surface area contributed by atoms with E-state index >= 15 is 0 Å². The summed E-state index contributed by atoms with van der Waals surface area (Å²) in [6.07, 6.45) is 5.20. The Morgan fingerprint density at radius 1 is 1.22 bits per heavy atom. The van der Waals surface area contributed by atoms with E-state index in [0.29, 0.717) is 11.3 Å². The molecule has 8 heteroatoms. The molecule has 1 rings (SSSR count). The molecular formula is C19H22N2O6. The number of ether oxygens (including phenoxy) is 4. The number of methoxy groups -OCH3 is 3. The summed E-state index contributed by atoms with van der Waals surface area (Å²) in [6, 6.07) is 1.62.